The van der Waals surface area contributed by atoms with Crippen molar-refractivity contribution in [3.8, 4) is 5.82 Å². The summed E-state index contributed by atoms with van der Waals surface area (Å²) in [6.07, 6.45) is 10.1. The predicted octanol–water partition coefficient (Wildman–Crippen LogP) is 2.15. The van der Waals surface area contributed by atoms with Gasteiger partial charge < -0.3 is 5.32 Å². The fourth-order valence-corrected chi connectivity index (χ4v) is 2.09. The summed E-state index contributed by atoms with van der Waals surface area (Å²) in [5, 5.41) is 2.95. The highest BCUT2D eigenvalue weighted by molar-refractivity contribution is 5.94. The molecule has 0 saturated carbocycles. The summed E-state index contributed by atoms with van der Waals surface area (Å²) in [4.78, 5) is 24.6. The van der Waals surface area contributed by atoms with E-state index in [-0.39, 0.29) is 11.9 Å². The molecule has 1 atom stereocenters. The molecule has 0 spiro atoms. The van der Waals surface area contributed by atoms with Crippen LogP contribution in [-0.4, -0.2) is 25.4 Å². The van der Waals surface area contributed by atoms with Gasteiger partial charge in [-0.15, -0.1) is 0 Å². The largest absolute Gasteiger partial charge is 0.345 e. The SMILES string of the molecule is C[C@H](NC(=O)c1ccnc(-n2ccnc2)c1)c1cccnc1. The molecular weight excluding hydrogens is 278 g/mol. The van der Waals surface area contributed by atoms with Gasteiger partial charge >= 0.3 is 0 Å². The van der Waals surface area contributed by atoms with Gasteiger partial charge in [0.15, 0.2) is 0 Å². The van der Waals surface area contributed by atoms with Crippen molar-refractivity contribution in [1.82, 2.24) is 24.8 Å². The minimum Gasteiger partial charge on any atom is -0.345 e. The van der Waals surface area contributed by atoms with E-state index >= 15 is 0 Å². The number of nitrogens with zero attached hydrogens (tertiary/aromatic N) is 4. The number of carbonyl (C=O) groups excluding carboxylic acids is 1. The van der Waals surface area contributed by atoms with Gasteiger partial charge in [0, 0.05) is 36.5 Å². The van der Waals surface area contributed by atoms with E-state index in [1.54, 1.807) is 54.0 Å². The third kappa shape index (κ3) is 3.01. The molecule has 3 aromatic rings. The quantitative estimate of drug-likeness (QED) is 0.800. The van der Waals surface area contributed by atoms with Crippen LogP contribution < -0.4 is 5.32 Å². The minimum atomic E-state index is -0.153. The molecule has 0 aliphatic carbocycles. The molecule has 0 unspecified atom stereocenters. The van der Waals surface area contributed by atoms with Crippen molar-refractivity contribution in [3.05, 3.63) is 72.7 Å². The Kier molecular flexibility index (Phi) is 3.91. The minimum absolute atomic E-state index is 0.119. The van der Waals surface area contributed by atoms with Crippen LogP contribution in [0.25, 0.3) is 5.82 Å². The lowest BCUT2D eigenvalue weighted by Crippen LogP contribution is -2.26. The van der Waals surface area contributed by atoms with Crippen LogP contribution in [0.2, 0.25) is 0 Å². The molecule has 0 saturated heterocycles. The van der Waals surface area contributed by atoms with Crippen molar-refractivity contribution in [2.75, 3.05) is 0 Å². The summed E-state index contributed by atoms with van der Waals surface area (Å²) >= 11 is 0. The highest BCUT2D eigenvalue weighted by Gasteiger charge is 2.12. The van der Waals surface area contributed by atoms with Crippen LogP contribution >= 0.6 is 0 Å². The molecule has 0 radical (unpaired) electrons. The molecule has 0 aromatic carbocycles. The van der Waals surface area contributed by atoms with Crippen molar-refractivity contribution in [3.63, 3.8) is 0 Å². The van der Waals surface area contributed by atoms with Gasteiger partial charge in [0.05, 0.1) is 6.04 Å². The highest BCUT2D eigenvalue weighted by atomic mass is 16.1. The first-order valence-corrected chi connectivity index (χ1v) is 6.89. The van der Waals surface area contributed by atoms with Crippen molar-refractivity contribution >= 4 is 5.91 Å². The van der Waals surface area contributed by atoms with Crippen LogP contribution in [0.15, 0.2) is 61.6 Å². The van der Waals surface area contributed by atoms with Crippen LogP contribution in [0.1, 0.15) is 28.9 Å². The summed E-state index contributed by atoms with van der Waals surface area (Å²) in [7, 11) is 0. The average molecular weight is 293 g/mol. The van der Waals surface area contributed by atoms with Crippen molar-refractivity contribution in [1.29, 1.82) is 0 Å². The van der Waals surface area contributed by atoms with Gasteiger partial charge in [0.1, 0.15) is 12.1 Å². The van der Waals surface area contributed by atoms with E-state index in [1.165, 1.54) is 0 Å². The molecule has 1 amide bonds. The summed E-state index contributed by atoms with van der Waals surface area (Å²) < 4.78 is 1.75. The summed E-state index contributed by atoms with van der Waals surface area (Å²) in [6.45, 7) is 1.92. The number of hydrogen-bond acceptors (Lipinski definition) is 4. The summed E-state index contributed by atoms with van der Waals surface area (Å²) in [5.74, 6) is 0.499. The lowest BCUT2D eigenvalue weighted by atomic mass is 10.1. The smallest absolute Gasteiger partial charge is 0.251 e. The first-order valence-electron chi connectivity index (χ1n) is 6.89. The lowest BCUT2D eigenvalue weighted by molar-refractivity contribution is 0.0939. The number of rotatable bonds is 4. The second-order valence-electron chi connectivity index (χ2n) is 4.85. The van der Waals surface area contributed by atoms with Crippen LogP contribution in [0.5, 0.6) is 0 Å². The number of pyridine rings is 2. The Morgan fingerprint density at radius 3 is 2.86 bits per heavy atom. The normalized spacial score (nSPS) is 11.9. The topological polar surface area (TPSA) is 72.7 Å². The Labute approximate surface area is 127 Å². The Morgan fingerprint density at radius 1 is 1.23 bits per heavy atom. The first kappa shape index (κ1) is 13.9. The zero-order valence-electron chi connectivity index (χ0n) is 12.0. The molecular formula is C16H15N5O. The zero-order chi connectivity index (χ0) is 15.4. The van der Waals surface area contributed by atoms with E-state index in [4.69, 9.17) is 0 Å². The van der Waals surface area contributed by atoms with Crippen molar-refractivity contribution in [2.24, 2.45) is 0 Å². The fraction of sp³-hybridized carbons (Fsp3) is 0.125. The van der Waals surface area contributed by atoms with Crippen LogP contribution in [0.3, 0.4) is 0 Å². The average Bonchev–Trinajstić information content (AvgIpc) is 3.10. The van der Waals surface area contributed by atoms with Gasteiger partial charge in [0.2, 0.25) is 0 Å². The monoisotopic (exact) mass is 293 g/mol. The zero-order valence-corrected chi connectivity index (χ0v) is 12.0. The maximum atomic E-state index is 12.4. The molecule has 6 nitrogen and oxygen atoms in total. The number of hydrogen-bond donors (Lipinski definition) is 1. The van der Waals surface area contributed by atoms with Crippen LogP contribution in [0.4, 0.5) is 0 Å². The van der Waals surface area contributed by atoms with E-state index in [9.17, 15) is 4.79 Å². The Hall–Kier alpha value is -3.02. The summed E-state index contributed by atoms with van der Waals surface area (Å²) in [5.41, 5.74) is 1.51. The molecule has 0 aliphatic heterocycles. The second-order valence-corrected chi connectivity index (χ2v) is 4.85. The Morgan fingerprint density at radius 2 is 2.14 bits per heavy atom. The number of imidazole rings is 1. The van der Waals surface area contributed by atoms with Gasteiger partial charge in [-0.25, -0.2) is 9.97 Å². The predicted molar refractivity (Wildman–Crippen MR) is 81.5 cm³/mol. The van der Waals surface area contributed by atoms with Gasteiger partial charge in [-0.3, -0.25) is 14.3 Å². The Balaban J connectivity index is 1.77. The van der Waals surface area contributed by atoms with Crippen molar-refractivity contribution in [2.45, 2.75) is 13.0 Å². The molecule has 3 aromatic heterocycles. The first-order chi connectivity index (χ1) is 10.7. The molecule has 0 aliphatic rings. The molecule has 1 N–H and O–H groups in total. The van der Waals surface area contributed by atoms with Crippen LogP contribution in [0, 0.1) is 0 Å². The molecule has 3 heterocycles. The highest BCUT2D eigenvalue weighted by Crippen LogP contribution is 2.12. The number of nitrogens with one attached hydrogen (secondary N) is 1. The van der Waals surface area contributed by atoms with Gasteiger partial charge in [0.25, 0.3) is 5.91 Å². The Bertz CT molecular complexity index is 755. The second kappa shape index (κ2) is 6.17. The van der Waals surface area contributed by atoms with Gasteiger partial charge in [-0.1, -0.05) is 6.07 Å². The third-order valence-corrected chi connectivity index (χ3v) is 3.31. The van der Waals surface area contributed by atoms with E-state index in [0.29, 0.717) is 11.4 Å². The number of aromatic nitrogens is 4. The molecule has 0 bridgehead atoms. The van der Waals surface area contributed by atoms with Gasteiger partial charge in [-0.05, 0) is 30.7 Å². The standard InChI is InChI=1S/C16H15N5O/c1-12(14-3-2-5-17-10-14)20-16(22)13-4-6-19-15(9-13)21-8-7-18-11-21/h2-12H,1H3,(H,20,22)/t12-/m0/s1. The van der Waals surface area contributed by atoms with E-state index in [0.717, 1.165) is 5.56 Å². The number of carbonyl (C=O) groups is 1. The third-order valence-electron chi connectivity index (χ3n) is 3.31. The summed E-state index contributed by atoms with van der Waals surface area (Å²) in [6, 6.07) is 7.08. The number of amides is 1. The lowest BCUT2D eigenvalue weighted by Gasteiger charge is -2.14. The fourth-order valence-electron chi connectivity index (χ4n) is 2.09. The van der Waals surface area contributed by atoms with E-state index in [2.05, 4.69) is 20.3 Å². The maximum absolute atomic E-state index is 12.4. The molecule has 0 fully saturated rings. The molecule has 3 rings (SSSR count). The molecule has 110 valence electrons. The molecule has 22 heavy (non-hydrogen) atoms. The van der Waals surface area contributed by atoms with E-state index < -0.39 is 0 Å². The van der Waals surface area contributed by atoms with E-state index in [1.807, 2.05) is 19.1 Å². The molecule has 6 heteroatoms. The van der Waals surface area contributed by atoms with Crippen molar-refractivity contribution < 1.29 is 4.79 Å². The maximum Gasteiger partial charge on any atom is 0.251 e. The van der Waals surface area contributed by atoms with Gasteiger partial charge in [-0.2, -0.15) is 0 Å². The van der Waals surface area contributed by atoms with Crippen LogP contribution in [-0.2, 0) is 0 Å².